The lowest BCUT2D eigenvalue weighted by Gasteiger charge is -2.38. The van der Waals surface area contributed by atoms with Gasteiger partial charge < -0.3 is 15.5 Å². The van der Waals surface area contributed by atoms with Crippen molar-refractivity contribution in [3.8, 4) is 0 Å². The number of amides is 3. The number of carbonyl (C=O) groups is 2. The standard InChI is InChI=1S/C29H32Cl2FN5O2/c1-16-17(14-36(5)35-16)13-33-27(39)37-15-18(12-28(2,3)4)29(25(37)20-7-6-8-22(31)24(20)32)21-10-9-19(30)11-23(21)34-26(29)38/h6-11,14,18,25H,12-13,15H2,1-5H3,(H,33,39)(H,34,38)/t18-,25-,29+/m1/s1. The van der Waals surface area contributed by atoms with Gasteiger partial charge in [-0.15, -0.1) is 0 Å². The summed E-state index contributed by atoms with van der Waals surface area (Å²) in [4.78, 5) is 29.7. The van der Waals surface area contributed by atoms with Crippen molar-refractivity contribution in [2.45, 2.75) is 52.1 Å². The Bertz CT molecular complexity index is 1470. The maximum atomic E-state index is 15.8. The molecule has 0 saturated carbocycles. The maximum absolute atomic E-state index is 15.8. The van der Waals surface area contributed by atoms with E-state index in [1.165, 1.54) is 6.07 Å². The molecule has 2 aromatic carbocycles. The lowest BCUT2D eigenvalue weighted by Crippen LogP contribution is -2.47. The minimum absolute atomic E-state index is 0.0667. The molecule has 10 heteroatoms. The Hall–Kier alpha value is -3.10. The smallest absolute Gasteiger partial charge is 0.318 e. The van der Waals surface area contributed by atoms with Crippen LogP contribution in [0.25, 0.3) is 0 Å². The summed E-state index contributed by atoms with van der Waals surface area (Å²) in [5.74, 6) is -1.23. The Morgan fingerprint density at radius 1 is 1.26 bits per heavy atom. The first-order chi connectivity index (χ1) is 18.3. The van der Waals surface area contributed by atoms with Crippen LogP contribution in [0.3, 0.4) is 0 Å². The number of hydrogen-bond acceptors (Lipinski definition) is 3. The summed E-state index contributed by atoms with van der Waals surface area (Å²) in [5, 5.41) is 10.7. The van der Waals surface area contributed by atoms with E-state index >= 15 is 4.39 Å². The first-order valence-electron chi connectivity index (χ1n) is 12.9. The van der Waals surface area contributed by atoms with Crippen LogP contribution >= 0.6 is 23.2 Å². The van der Waals surface area contributed by atoms with Gasteiger partial charge in [0.2, 0.25) is 5.91 Å². The number of nitrogens with one attached hydrogen (secondary N) is 2. The Labute approximate surface area is 237 Å². The fourth-order valence-electron chi connectivity index (χ4n) is 6.37. The molecular weight excluding hydrogens is 540 g/mol. The van der Waals surface area contributed by atoms with Crippen LogP contribution in [0.15, 0.2) is 42.6 Å². The van der Waals surface area contributed by atoms with Gasteiger partial charge in [0, 0.05) is 48.2 Å². The minimum atomic E-state index is -1.25. The molecule has 3 aromatic rings. The van der Waals surface area contributed by atoms with Crippen molar-refractivity contribution in [2.75, 3.05) is 11.9 Å². The Morgan fingerprint density at radius 3 is 2.67 bits per heavy atom. The van der Waals surface area contributed by atoms with Gasteiger partial charge in [0.15, 0.2) is 0 Å². The summed E-state index contributed by atoms with van der Waals surface area (Å²) >= 11 is 12.5. The summed E-state index contributed by atoms with van der Waals surface area (Å²) in [6.07, 6.45) is 2.47. The zero-order valence-corrected chi connectivity index (χ0v) is 24.1. The zero-order valence-electron chi connectivity index (χ0n) is 22.6. The predicted octanol–water partition coefficient (Wildman–Crippen LogP) is 6.38. The van der Waals surface area contributed by atoms with Crippen molar-refractivity contribution in [1.29, 1.82) is 0 Å². The van der Waals surface area contributed by atoms with Crippen molar-refractivity contribution in [2.24, 2.45) is 18.4 Å². The number of nitrogens with zero attached hydrogens (tertiary/aromatic N) is 3. The molecule has 206 valence electrons. The largest absolute Gasteiger partial charge is 0.334 e. The van der Waals surface area contributed by atoms with Gasteiger partial charge in [-0.1, -0.05) is 62.2 Å². The molecule has 1 fully saturated rings. The molecule has 3 atom stereocenters. The highest BCUT2D eigenvalue weighted by atomic mass is 35.5. The Morgan fingerprint density at radius 2 is 2.00 bits per heavy atom. The van der Waals surface area contributed by atoms with Gasteiger partial charge in [-0.2, -0.15) is 5.10 Å². The molecule has 3 heterocycles. The average molecular weight is 573 g/mol. The number of benzene rings is 2. The zero-order chi connectivity index (χ0) is 28.3. The van der Waals surface area contributed by atoms with Gasteiger partial charge in [0.05, 0.1) is 16.8 Å². The van der Waals surface area contributed by atoms with Gasteiger partial charge in [-0.05, 0) is 48.4 Å². The van der Waals surface area contributed by atoms with Crippen molar-refractivity contribution >= 4 is 40.8 Å². The summed E-state index contributed by atoms with van der Waals surface area (Å²) in [5.41, 5.74) is 1.73. The van der Waals surface area contributed by atoms with Crippen LogP contribution in [-0.2, 0) is 23.8 Å². The molecule has 2 aliphatic rings. The summed E-state index contributed by atoms with van der Waals surface area (Å²) in [6.45, 7) is 8.66. The molecule has 7 nitrogen and oxygen atoms in total. The summed E-state index contributed by atoms with van der Waals surface area (Å²) in [7, 11) is 1.82. The molecule has 0 unspecified atom stereocenters. The lowest BCUT2D eigenvalue weighted by atomic mass is 9.63. The topological polar surface area (TPSA) is 79.3 Å². The van der Waals surface area contributed by atoms with E-state index < -0.39 is 23.3 Å². The van der Waals surface area contributed by atoms with Crippen LogP contribution < -0.4 is 10.6 Å². The molecule has 39 heavy (non-hydrogen) atoms. The third-order valence-electron chi connectivity index (χ3n) is 7.80. The second-order valence-corrected chi connectivity index (χ2v) is 12.6. The van der Waals surface area contributed by atoms with Crippen LogP contribution in [0, 0.1) is 24.1 Å². The van der Waals surface area contributed by atoms with E-state index in [0.29, 0.717) is 22.7 Å². The van der Waals surface area contributed by atoms with Crippen molar-refractivity contribution < 1.29 is 14.0 Å². The molecule has 3 amide bonds. The van der Waals surface area contributed by atoms with Crippen molar-refractivity contribution in [3.63, 3.8) is 0 Å². The molecule has 0 radical (unpaired) electrons. The third-order valence-corrected chi connectivity index (χ3v) is 8.32. The molecule has 1 saturated heterocycles. The third kappa shape index (κ3) is 4.67. The molecule has 1 spiro atoms. The number of aryl methyl sites for hydroxylation is 2. The summed E-state index contributed by atoms with van der Waals surface area (Å²) in [6, 6.07) is 8.64. The highest BCUT2D eigenvalue weighted by Crippen LogP contribution is 2.60. The Balaban J connectivity index is 1.67. The second kappa shape index (κ2) is 9.82. The first kappa shape index (κ1) is 27.5. The van der Waals surface area contributed by atoms with E-state index in [1.807, 2.05) is 26.2 Å². The highest BCUT2D eigenvalue weighted by molar-refractivity contribution is 6.31. The number of aromatic nitrogens is 2. The monoisotopic (exact) mass is 571 g/mol. The van der Waals surface area contributed by atoms with Crippen LogP contribution in [0.2, 0.25) is 10.0 Å². The van der Waals surface area contributed by atoms with Crippen LogP contribution in [0.4, 0.5) is 14.9 Å². The normalized spacial score (nSPS) is 22.4. The minimum Gasteiger partial charge on any atom is -0.334 e. The number of urea groups is 1. The molecule has 0 aliphatic carbocycles. The number of fused-ring (bicyclic) bond motifs is 2. The predicted molar refractivity (Wildman–Crippen MR) is 150 cm³/mol. The van der Waals surface area contributed by atoms with E-state index in [0.717, 1.165) is 11.3 Å². The fourth-order valence-corrected chi connectivity index (χ4v) is 6.72. The number of anilines is 1. The molecule has 2 aliphatic heterocycles. The molecule has 2 N–H and O–H groups in total. The van der Waals surface area contributed by atoms with E-state index in [-0.39, 0.29) is 40.9 Å². The van der Waals surface area contributed by atoms with Gasteiger partial charge >= 0.3 is 6.03 Å². The SMILES string of the molecule is Cc1nn(C)cc1CNC(=O)N1C[C@@H](CC(C)(C)C)[C@@]2(C(=O)Nc3cc(Cl)ccc32)[C@H]1c1cccc(Cl)c1F. The maximum Gasteiger partial charge on any atom is 0.318 e. The quantitative estimate of drug-likeness (QED) is 0.381. The van der Waals surface area contributed by atoms with E-state index in [1.54, 1.807) is 33.8 Å². The molecule has 5 rings (SSSR count). The van der Waals surface area contributed by atoms with Gasteiger partial charge in [-0.3, -0.25) is 9.48 Å². The number of rotatable bonds is 4. The van der Waals surface area contributed by atoms with Crippen LogP contribution in [0.5, 0.6) is 0 Å². The van der Waals surface area contributed by atoms with E-state index in [4.69, 9.17) is 23.2 Å². The van der Waals surface area contributed by atoms with Gasteiger partial charge in [0.1, 0.15) is 11.2 Å². The Kier molecular flexibility index (Phi) is 6.92. The van der Waals surface area contributed by atoms with Gasteiger partial charge in [0.25, 0.3) is 0 Å². The molecule has 0 bridgehead atoms. The van der Waals surface area contributed by atoms with Crippen LogP contribution in [0.1, 0.15) is 55.6 Å². The summed E-state index contributed by atoms with van der Waals surface area (Å²) < 4.78 is 17.5. The second-order valence-electron chi connectivity index (χ2n) is 11.7. The van der Waals surface area contributed by atoms with Crippen LogP contribution in [-0.4, -0.2) is 33.2 Å². The van der Waals surface area contributed by atoms with Crippen molar-refractivity contribution in [1.82, 2.24) is 20.0 Å². The van der Waals surface area contributed by atoms with Gasteiger partial charge in [-0.25, -0.2) is 9.18 Å². The number of hydrogen-bond donors (Lipinski definition) is 2. The van der Waals surface area contributed by atoms with Crippen molar-refractivity contribution in [3.05, 3.63) is 80.8 Å². The first-order valence-corrected chi connectivity index (χ1v) is 13.7. The fraction of sp³-hybridized carbons (Fsp3) is 0.414. The van der Waals surface area contributed by atoms with E-state index in [9.17, 15) is 9.59 Å². The molecular formula is C29H32Cl2FN5O2. The van der Waals surface area contributed by atoms with E-state index in [2.05, 4.69) is 36.5 Å². The number of carbonyl (C=O) groups excluding carboxylic acids is 2. The highest BCUT2D eigenvalue weighted by Gasteiger charge is 2.65. The number of halogens is 3. The molecule has 1 aromatic heterocycles. The number of likely N-dealkylation sites (tertiary alicyclic amines) is 1. The lowest BCUT2D eigenvalue weighted by molar-refractivity contribution is -0.123. The average Bonchev–Trinajstić information content (AvgIpc) is 3.44.